The second-order valence-electron chi connectivity index (χ2n) is 4.86. The molecular formula is C13H27NO. The van der Waals surface area contributed by atoms with Crippen molar-refractivity contribution in [3.8, 4) is 0 Å². The molecule has 2 heteroatoms. The van der Waals surface area contributed by atoms with Crippen molar-refractivity contribution in [2.24, 2.45) is 0 Å². The van der Waals surface area contributed by atoms with Crippen molar-refractivity contribution >= 4 is 0 Å². The smallest absolute Gasteiger partial charge is 0.0589 e. The average Bonchev–Trinajstić information content (AvgIpc) is 2.19. The summed E-state index contributed by atoms with van der Waals surface area (Å²) < 4.78 is 5.75. The van der Waals surface area contributed by atoms with E-state index in [1.807, 2.05) is 0 Å². The molecule has 1 aliphatic rings. The molecule has 15 heavy (non-hydrogen) atoms. The molecule has 0 aromatic rings. The van der Waals surface area contributed by atoms with Crippen LogP contribution in [0.2, 0.25) is 0 Å². The van der Waals surface area contributed by atoms with Gasteiger partial charge in [0.2, 0.25) is 0 Å². The SMILES string of the molecule is CCCC(C)NC1CCOC(CCC)C1. The molecule has 1 rings (SSSR count). The van der Waals surface area contributed by atoms with Crippen LogP contribution < -0.4 is 5.32 Å². The minimum Gasteiger partial charge on any atom is -0.378 e. The molecule has 0 aliphatic carbocycles. The summed E-state index contributed by atoms with van der Waals surface area (Å²) in [5, 5.41) is 3.73. The van der Waals surface area contributed by atoms with E-state index in [1.165, 1.54) is 38.5 Å². The summed E-state index contributed by atoms with van der Waals surface area (Å²) in [7, 11) is 0. The summed E-state index contributed by atoms with van der Waals surface area (Å²) >= 11 is 0. The largest absolute Gasteiger partial charge is 0.378 e. The number of rotatable bonds is 6. The Labute approximate surface area is 94.8 Å². The van der Waals surface area contributed by atoms with E-state index in [4.69, 9.17) is 4.74 Å². The van der Waals surface area contributed by atoms with Crippen LogP contribution in [-0.4, -0.2) is 24.8 Å². The van der Waals surface area contributed by atoms with Gasteiger partial charge in [-0.05, 0) is 32.6 Å². The molecule has 0 aromatic carbocycles. The maximum absolute atomic E-state index is 5.75. The van der Waals surface area contributed by atoms with Crippen molar-refractivity contribution < 1.29 is 4.74 Å². The maximum atomic E-state index is 5.75. The van der Waals surface area contributed by atoms with E-state index in [0.29, 0.717) is 18.2 Å². The maximum Gasteiger partial charge on any atom is 0.0589 e. The van der Waals surface area contributed by atoms with Crippen molar-refractivity contribution in [1.82, 2.24) is 5.32 Å². The van der Waals surface area contributed by atoms with Gasteiger partial charge in [-0.1, -0.05) is 26.7 Å². The topological polar surface area (TPSA) is 21.3 Å². The lowest BCUT2D eigenvalue weighted by Gasteiger charge is -2.32. The highest BCUT2D eigenvalue weighted by atomic mass is 16.5. The van der Waals surface area contributed by atoms with Gasteiger partial charge in [0.05, 0.1) is 6.10 Å². The molecule has 0 bridgehead atoms. The Bertz CT molecular complexity index is 157. The lowest BCUT2D eigenvalue weighted by molar-refractivity contribution is -0.00481. The molecular weight excluding hydrogens is 186 g/mol. The average molecular weight is 213 g/mol. The fourth-order valence-electron chi connectivity index (χ4n) is 2.47. The first kappa shape index (κ1) is 13.0. The second kappa shape index (κ2) is 7.24. The Hall–Kier alpha value is -0.0800. The van der Waals surface area contributed by atoms with Gasteiger partial charge in [0.25, 0.3) is 0 Å². The van der Waals surface area contributed by atoms with Crippen LogP contribution >= 0.6 is 0 Å². The van der Waals surface area contributed by atoms with E-state index < -0.39 is 0 Å². The number of nitrogens with one attached hydrogen (secondary N) is 1. The Morgan fingerprint density at radius 1 is 1.33 bits per heavy atom. The molecule has 0 saturated carbocycles. The van der Waals surface area contributed by atoms with E-state index >= 15 is 0 Å². The summed E-state index contributed by atoms with van der Waals surface area (Å²) in [5.74, 6) is 0. The van der Waals surface area contributed by atoms with Crippen LogP contribution in [0.1, 0.15) is 59.3 Å². The van der Waals surface area contributed by atoms with Crippen LogP contribution in [0.25, 0.3) is 0 Å². The van der Waals surface area contributed by atoms with Gasteiger partial charge in [-0.25, -0.2) is 0 Å². The van der Waals surface area contributed by atoms with E-state index in [2.05, 4.69) is 26.1 Å². The van der Waals surface area contributed by atoms with Crippen LogP contribution in [0.4, 0.5) is 0 Å². The summed E-state index contributed by atoms with van der Waals surface area (Å²) in [6.45, 7) is 7.73. The first-order chi connectivity index (χ1) is 7.26. The zero-order valence-electron chi connectivity index (χ0n) is 10.6. The Balaban J connectivity index is 2.23. The van der Waals surface area contributed by atoms with E-state index in [9.17, 15) is 0 Å². The van der Waals surface area contributed by atoms with Crippen LogP contribution in [0.15, 0.2) is 0 Å². The Morgan fingerprint density at radius 2 is 2.13 bits per heavy atom. The molecule has 0 radical (unpaired) electrons. The Morgan fingerprint density at radius 3 is 2.80 bits per heavy atom. The first-order valence-corrected chi connectivity index (χ1v) is 6.63. The summed E-state index contributed by atoms with van der Waals surface area (Å²) in [6, 6.07) is 1.36. The minimum atomic E-state index is 0.509. The quantitative estimate of drug-likeness (QED) is 0.732. The predicted octanol–water partition coefficient (Wildman–Crippen LogP) is 3.11. The second-order valence-corrected chi connectivity index (χ2v) is 4.86. The zero-order valence-corrected chi connectivity index (χ0v) is 10.6. The molecule has 0 amide bonds. The summed E-state index contributed by atoms with van der Waals surface area (Å²) in [4.78, 5) is 0. The highest BCUT2D eigenvalue weighted by Crippen LogP contribution is 2.18. The van der Waals surface area contributed by atoms with Gasteiger partial charge in [-0.15, -0.1) is 0 Å². The molecule has 1 heterocycles. The molecule has 0 spiro atoms. The third kappa shape index (κ3) is 4.98. The van der Waals surface area contributed by atoms with Gasteiger partial charge >= 0.3 is 0 Å². The van der Waals surface area contributed by atoms with Crippen LogP contribution in [-0.2, 0) is 4.74 Å². The van der Waals surface area contributed by atoms with E-state index in [1.54, 1.807) is 0 Å². The summed E-state index contributed by atoms with van der Waals surface area (Å²) in [5.41, 5.74) is 0. The molecule has 90 valence electrons. The predicted molar refractivity (Wildman–Crippen MR) is 65.2 cm³/mol. The number of hydrogen-bond acceptors (Lipinski definition) is 2. The van der Waals surface area contributed by atoms with Crippen LogP contribution in [0.5, 0.6) is 0 Å². The molecule has 1 fully saturated rings. The van der Waals surface area contributed by atoms with Gasteiger partial charge in [-0.2, -0.15) is 0 Å². The minimum absolute atomic E-state index is 0.509. The fourth-order valence-corrected chi connectivity index (χ4v) is 2.47. The van der Waals surface area contributed by atoms with Crippen LogP contribution in [0.3, 0.4) is 0 Å². The van der Waals surface area contributed by atoms with Gasteiger partial charge in [0.1, 0.15) is 0 Å². The molecule has 3 unspecified atom stereocenters. The molecule has 1 saturated heterocycles. The van der Waals surface area contributed by atoms with Gasteiger partial charge in [-0.3, -0.25) is 0 Å². The van der Waals surface area contributed by atoms with Crippen molar-refractivity contribution in [2.75, 3.05) is 6.61 Å². The molecule has 0 aromatic heterocycles. The van der Waals surface area contributed by atoms with Gasteiger partial charge in [0, 0.05) is 18.7 Å². The normalized spacial score (nSPS) is 29.0. The highest BCUT2D eigenvalue weighted by Gasteiger charge is 2.22. The van der Waals surface area contributed by atoms with E-state index in [-0.39, 0.29) is 0 Å². The molecule has 3 atom stereocenters. The van der Waals surface area contributed by atoms with Crippen molar-refractivity contribution in [3.05, 3.63) is 0 Å². The molecule has 1 N–H and O–H groups in total. The number of hydrogen-bond donors (Lipinski definition) is 1. The highest BCUT2D eigenvalue weighted by molar-refractivity contribution is 4.78. The van der Waals surface area contributed by atoms with Crippen molar-refractivity contribution in [1.29, 1.82) is 0 Å². The van der Waals surface area contributed by atoms with Crippen molar-refractivity contribution in [2.45, 2.75) is 77.5 Å². The monoisotopic (exact) mass is 213 g/mol. The third-order valence-corrected chi connectivity index (χ3v) is 3.22. The first-order valence-electron chi connectivity index (χ1n) is 6.63. The number of ether oxygens (including phenoxy) is 1. The van der Waals surface area contributed by atoms with Gasteiger partial charge in [0.15, 0.2) is 0 Å². The molecule has 1 aliphatic heterocycles. The molecule has 2 nitrogen and oxygen atoms in total. The standard InChI is InChI=1S/C13H27NO/c1-4-6-11(3)14-12-8-9-15-13(10-12)7-5-2/h11-14H,4-10H2,1-3H3. The van der Waals surface area contributed by atoms with E-state index in [0.717, 1.165) is 6.61 Å². The van der Waals surface area contributed by atoms with Gasteiger partial charge < -0.3 is 10.1 Å². The lowest BCUT2D eigenvalue weighted by Crippen LogP contribution is -2.43. The lowest BCUT2D eigenvalue weighted by atomic mass is 9.99. The van der Waals surface area contributed by atoms with Crippen molar-refractivity contribution in [3.63, 3.8) is 0 Å². The Kier molecular flexibility index (Phi) is 6.26. The fraction of sp³-hybridized carbons (Fsp3) is 1.00. The van der Waals surface area contributed by atoms with Crippen LogP contribution in [0, 0.1) is 0 Å². The summed E-state index contributed by atoms with van der Waals surface area (Å²) in [6.07, 6.45) is 7.93. The third-order valence-electron chi connectivity index (χ3n) is 3.22. The zero-order chi connectivity index (χ0) is 11.1.